The average molecular weight is 274 g/mol. The maximum Gasteiger partial charge on any atom is 0.251 e. The van der Waals surface area contributed by atoms with E-state index in [2.05, 4.69) is 20.3 Å². The fraction of sp³-hybridized carbons (Fsp3) is 0.357. The van der Waals surface area contributed by atoms with E-state index in [0.29, 0.717) is 25.4 Å². The number of H-pyrrole nitrogens is 1. The number of hydrogen-bond donors (Lipinski definition) is 2. The van der Waals surface area contributed by atoms with Crippen LogP contribution in [-0.4, -0.2) is 35.2 Å². The second kappa shape index (κ2) is 7.52. The summed E-state index contributed by atoms with van der Waals surface area (Å²) >= 11 is 0. The van der Waals surface area contributed by atoms with E-state index < -0.39 is 0 Å². The zero-order chi connectivity index (χ0) is 14.2. The molecule has 2 aromatic heterocycles. The highest BCUT2D eigenvalue weighted by molar-refractivity contribution is 5.11. The lowest BCUT2D eigenvalue weighted by molar-refractivity contribution is 0.199. The Bertz CT molecular complexity index is 583. The Balaban J connectivity index is 2.03. The van der Waals surface area contributed by atoms with Gasteiger partial charge in [-0.2, -0.15) is 0 Å². The molecule has 0 saturated heterocycles. The van der Waals surface area contributed by atoms with Crippen LogP contribution in [-0.2, 0) is 17.7 Å². The van der Waals surface area contributed by atoms with Crippen LogP contribution >= 0.6 is 0 Å². The van der Waals surface area contributed by atoms with Gasteiger partial charge in [0.05, 0.1) is 12.3 Å². The minimum atomic E-state index is -0.144. The van der Waals surface area contributed by atoms with E-state index in [1.807, 2.05) is 18.2 Å². The lowest BCUT2D eigenvalue weighted by atomic mass is 10.2. The number of aromatic amines is 1. The SMILES string of the molecule is COCCNCc1cc(=O)[nH]c(Cc2ccccn2)n1. The van der Waals surface area contributed by atoms with Crippen molar-refractivity contribution in [3.63, 3.8) is 0 Å². The predicted octanol–water partition coefficient (Wildman–Crippen LogP) is 0.492. The van der Waals surface area contributed by atoms with Gasteiger partial charge in [0.25, 0.3) is 5.56 Å². The van der Waals surface area contributed by atoms with E-state index in [1.165, 1.54) is 6.07 Å². The van der Waals surface area contributed by atoms with Gasteiger partial charge in [-0.05, 0) is 12.1 Å². The van der Waals surface area contributed by atoms with Crippen LogP contribution in [0.2, 0.25) is 0 Å². The van der Waals surface area contributed by atoms with Gasteiger partial charge in [0.1, 0.15) is 5.82 Å². The summed E-state index contributed by atoms with van der Waals surface area (Å²) in [4.78, 5) is 23.0. The first-order valence-corrected chi connectivity index (χ1v) is 6.46. The van der Waals surface area contributed by atoms with E-state index in [0.717, 1.165) is 17.9 Å². The number of ether oxygens (including phenoxy) is 1. The molecule has 0 spiro atoms. The number of nitrogens with one attached hydrogen (secondary N) is 2. The summed E-state index contributed by atoms with van der Waals surface area (Å²) in [5, 5.41) is 3.17. The van der Waals surface area contributed by atoms with Gasteiger partial charge in [0.2, 0.25) is 0 Å². The minimum absolute atomic E-state index is 0.144. The van der Waals surface area contributed by atoms with Crippen LogP contribution in [0.25, 0.3) is 0 Å². The fourth-order valence-corrected chi connectivity index (χ4v) is 1.80. The molecular formula is C14H18N4O2. The Morgan fingerprint density at radius 2 is 2.25 bits per heavy atom. The van der Waals surface area contributed by atoms with Crippen molar-refractivity contribution in [2.45, 2.75) is 13.0 Å². The second-order valence-electron chi connectivity index (χ2n) is 4.35. The van der Waals surface area contributed by atoms with Crippen molar-refractivity contribution in [1.82, 2.24) is 20.3 Å². The molecule has 0 atom stereocenters. The fourth-order valence-electron chi connectivity index (χ4n) is 1.80. The molecule has 0 fully saturated rings. The highest BCUT2D eigenvalue weighted by Crippen LogP contribution is 2.01. The summed E-state index contributed by atoms with van der Waals surface area (Å²) in [6, 6.07) is 7.18. The molecule has 0 aliphatic carbocycles. The second-order valence-corrected chi connectivity index (χ2v) is 4.35. The molecule has 0 amide bonds. The van der Waals surface area contributed by atoms with E-state index in [-0.39, 0.29) is 5.56 Å². The molecule has 2 aromatic rings. The van der Waals surface area contributed by atoms with Crippen LogP contribution < -0.4 is 10.9 Å². The summed E-state index contributed by atoms with van der Waals surface area (Å²) in [7, 11) is 1.65. The molecule has 2 heterocycles. The normalized spacial score (nSPS) is 10.7. The van der Waals surface area contributed by atoms with E-state index >= 15 is 0 Å². The summed E-state index contributed by atoms with van der Waals surface area (Å²) in [5.41, 5.74) is 1.45. The first-order chi connectivity index (χ1) is 9.78. The van der Waals surface area contributed by atoms with Crippen LogP contribution in [0, 0.1) is 0 Å². The van der Waals surface area contributed by atoms with Gasteiger partial charge in [-0.25, -0.2) is 4.98 Å². The van der Waals surface area contributed by atoms with Crippen molar-refractivity contribution < 1.29 is 4.74 Å². The van der Waals surface area contributed by atoms with Gasteiger partial charge in [-0.1, -0.05) is 6.07 Å². The zero-order valence-corrected chi connectivity index (χ0v) is 11.4. The Kier molecular flexibility index (Phi) is 5.40. The number of nitrogens with zero attached hydrogens (tertiary/aromatic N) is 2. The van der Waals surface area contributed by atoms with Crippen LogP contribution in [0.15, 0.2) is 35.3 Å². The third-order valence-corrected chi connectivity index (χ3v) is 2.71. The lowest BCUT2D eigenvalue weighted by Crippen LogP contribution is -2.22. The molecule has 6 heteroatoms. The average Bonchev–Trinajstić information content (AvgIpc) is 2.44. The molecule has 0 aromatic carbocycles. The summed E-state index contributed by atoms with van der Waals surface area (Å²) in [6.45, 7) is 1.90. The Labute approximate surface area is 117 Å². The molecule has 0 unspecified atom stereocenters. The molecule has 2 rings (SSSR count). The molecule has 106 valence electrons. The molecule has 0 bridgehead atoms. The van der Waals surface area contributed by atoms with Crippen molar-refractivity contribution in [3.05, 3.63) is 58.0 Å². The number of aromatic nitrogens is 3. The molecule has 0 aliphatic heterocycles. The molecule has 2 N–H and O–H groups in total. The summed E-state index contributed by atoms with van der Waals surface area (Å²) in [6.07, 6.45) is 2.24. The van der Waals surface area contributed by atoms with Gasteiger partial charge in [0.15, 0.2) is 0 Å². The minimum Gasteiger partial charge on any atom is -0.383 e. The van der Waals surface area contributed by atoms with E-state index in [1.54, 1.807) is 13.3 Å². The molecule has 0 radical (unpaired) electrons. The maximum absolute atomic E-state index is 11.6. The van der Waals surface area contributed by atoms with Crippen LogP contribution in [0.3, 0.4) is 0 Å². The van der Waals surface area contributed by atoms with Crippen LogP contribution in [0.5, 0.6) is 0 Å². The first-order valence-electron chi connectivity index (χ1n) is 6.46. The lowest BCUT2D eigenvalue weighted by Gasteiger charge is -2.05. The summed E-state index contributed by atoms with van der Waals surface area (Å²) < 4.78 is 4.95. The van der Waals surface area contributed by atoms with Gasteiger partial charge in [-0.3, -0.25) is 9.78 Å². The summed E-state index contributed by atoms with van der Waals surface area (Å²) in [5.74, 6) is 0.625. The quantitative estimate of drug-likeness (QED) is 0.718. The smallest absolute Gasteiger partial charge is 0.251 e. The molecule has 0 aliphatic rings. The van der Waals surface area contributed by atoms with Crippen LogP contribution in [0.1, 0.15) is 17.2 Å². The van der Waals surface area contributed by atoms with Crippen molar-refractivity contribution in [2.75, 3.05) is 20.3 Å². The number of hydrogen-bond acceptors (Lipinski definition) is 5. The van der Waals surface area contributed by atoms with Gasteiger partial charge in [-0.15, -0.1) is 0 Å². The van der Waals surface area contributed by atoms with Gasteiger partial charge in [0, 0.05) is 44.6 Å². The van der Waals surface area contributed by atoms with Crippen molar-refractivity contribution in [1.29, 1.82) is 0 Å². The third-order valence-electron chi connectivity index (χ3n) is 2.71. The third kappa shape index (κ3) is 4.56. The maximum atomic E-state index is 11.6. The van der Waals surface area contributed by atoms with Gasteiger partial charge < -0.3 is 15.0 Å². The zero-order valence-electron chi connectivity index (χ0n) is 11.4. The number of methoxy groups -OCH3 is 1. The molecule has 6 nitrogen and oxygen atoms in total. The van der Waals surface area contributed by atoms with Gasteiger partial charge >= 0.3 is 0 Å². The Morgan fingerprint density at radius 3 is 3.00 bits per heavy atom. The monoisotopic (exact) mass is 274 g/mol. The van der Waals surface area contributed by atoms with Crippen LogP contribution in [0.4, 0.5) is 0 Å². The Hall–Kier alpha value is -2.05. The highest BCUT2D eigenvalue weighted by Gasteiger charge is 2.03. The molecule has 0 saturated carbocycles. The van der Waals surface area contributed by atoms with Crippen molar-refractivity contribution in [3.8, 4) is 0 Å². The number of pyridine rings is 1. The van der Waals surface area contributed by atoms with E-state index in [4.69, 9.17) is 4.74 Å². The topological polar surface area (TPSA) is 79.9 Å². The molecule has 20 heavy (non-hydrogen) atoms. The number of rotatable bonds is 7. The van der Waals surface area contributed by atoms with Crippen molar-refractivity contribution >= 4 is 0 Å². The Morgan fingerprint density at radius 1 is 1.35 bits per heavy atom. The van der Waals surface area contributed by atoms with Crippen molar-refractivity contribution in [2.24, 2.45) is 0 Å². The molecular weight excluding hydrogens is 256 g/mol. The largest absolute Gasteiger partial charge is 0.383 e. The standard InChI is InChI=1S/C14H18N4O2/c1-20-7-6-15-10-12-9-14(19)18-13(17-12)8-11-4-2-3-5-16-11/h2-5,9,15H,6-8,10H2,1H3,(H,17,18,19). The highest BCUT2D eigenvalue weighted by atomic mass is 16.5. The predicted molar refractivity (Wildman–Crippen MR) is 75.5 cm³/mol. The van der Waals surface area contributed by atoms with E-state index in [9.17, 15) is 4.79 Å². The first kappa shape index (κ1) is 14.4.